The van der Waals surface area contributed by atoms with E-state index in [9.17, 15) is 0 Å². The molecule has 6 heteroatoms. The predicted octanol–water partition coefficient (Wildman–Crippen LogP) is 0.241. The Morgan fingerprint density at radius 3 is 1.76 bits per heavy atom. The highest BCUT2D eigenvalue weighted by Crippen LogP contribution is 2.32. The first-order valence-corrected chi connectivity index (χ1v) is 6.27. The number of halogens is 1. The molecule has 17 heavy (non-hydrogen) atoms. The van der Waals surface area contributed by atoms with Crippen molar-refractivity contribution in [1.29, 1.82) is 0 Å². The molecular formula is C11H26ClNO3Si. The van der Waals surface area contributed by atoms with Crippen LogP contribution in [0.3, 0.4) is 0 Å². The number of likely N-dealkylation sites (N-methyl/N-ethyl adjacent to an activating group) is 1. The lowest BCUT2D eigenvalue weighted by Gasteiger charge is -2.48. The Morgan fingerprint density at radius 1 is 1.18 bits per heavy atom. The molecule has 4 nitrogen and oxygen atoms in total. The normalized spacial score (nSPS) is 17.4. The Bertz CT molecular complexity index is 237. The number of hydrogen-bond acceptors (Lipinski definition) is 4. The van der Waals surface area contributed by atoms with Crippen LogP contribution in [0.25, 0.3) is 0 Å². The van der Waals surface area contributed by atoms with Gasteiger partial charge in [0.25, 0.3) is 0 Å². The Hall–Kier alpha value is 0.0869. The van der Waals surface area contributed by atoms with Gasteiger partial charge in [0.05, 0.1) is 16.3 Å². The summed E-state index contributed by atoms with van der Waals surface area (Å²) in [5.74, 6) is -0.781. The molecule has 0 N–H and O–H groups in total. The molecule has 0 spiro atoms. The molecule has 104 valence electrons. The van der Waals surface area contributed by atoms with Gasteiger partial charge in [0, 0.05) is 21.3 Å². The van der Waals surface area contributed by atoms with Crippen LogP contribution in [0.15, 0.2) is 12.7 Å². The van der Waals surface area contributed by atoms with Gasteiger partial charge in [-0.1, -0.05) is 6.08 Å². The van der Waals surface area contributed by atoms with E-state index in [1.165, 1.54) is 0 Å². The summed E-state index contributed by atoms with van der Waals surface area (Å²) in [7, 11) is 9.68. The van der Waals surface area contributed by atoms with Gasteiger partial charge in [-0.3, -0.25) is 0 Å². The van der Waals surface area contributed by atoms with Gasteiger partial charge < -0.3 is 19.1 Å². The third kappa shape index (κ3) is 3.53. The number of nitrogens with zero attached hydrogens (tertiary/aromatic N) is 1. The van der Waals surface area contributed by atoms with E-state index in [1.54, 1.807) is 21.3 Å². The van der Waals surface area contributed by atoms with Crippen LogP contribution in [0.1, 0.15) is 6.92 Å². The number of ether oxygens (including phenoxy) is 3. The van der Waals surface area contributed by atoms with Crippen LogP contribution in [-0.2, 0) is 14.2 Å². The summed E-state index contributed by atoms with van der Waals surface area (Å²) in [4.78, 5) is 2.06. The Morgan fingerprint density at radius 2 is 1.59 bits per heavy atom. The molecule has 2 atom stereocenters. The quantitative estimate of drug-likeness (QED) is 0.381. The Labute approximate surface area is 114 Å². The minimum absolute atomic E-state index is 0. The van der Waals surface area contributed by atoms with Crippen molar-refractivity contribution >= 4 is 22.6 Å². The average molecular weight is 284 g/mol. The van der Waals surface area contributed by atoms with Crippen LogP contribution in [0.2, 0.25) is 0 Å². The van der Waals surface area contributed by atoms with Gasteiger partial charge in [-0.2, -0.15) is 0 Å². The zero-order chi connectivity index (χ0) is 13.0. The third-order valence-electron chi connectivity index (χ3n) is 3.45. The molecule has 0 rings (SSSR count). The Balaban J connectivity index is 0. The molecule has 0 aromatic carbocycles. The van der Waals surface area contributed by atoms with Crippen molar-refractivity contribution in [2.45, 2.75) is 24.0 Å². The maximum atomic E-state index is 5.70. The van der Waals surface area contributed by atoms with Crippen molar-refractivity contribution in [3.63, 3.8) is 0 Å². The second-order valence-corrected chi connectivity index (χ2v) is 5.79. The molecule has 0 bridgehead atoms. The summed E-state index contributed by atoms with van der Waals surface area (Å²) < 4.78 is 16.7. The largest absolute Gasteiger partial charge is 0.375 e. The van der Waals surface area contributed by atoms with E-state index < -0.39 is 11.0 Å². The first kappa shape index (κ1) is 19.4. The van der Waals surface area contributed by atoms with Crippen molar-refractivity contribution in [2.24, 2.45) is 0 Å². The minimum Gasteiger partial charge on any atom is -0.375 e. The first-order valence-electron chi connectivity index (χ1n) is 5.27. The molecule has 0 aromatic rings. The van der Waals surface area contributed by atoms with Crippen LogP contribution in [0.5, 0.6) is 0 Å². The molecular weight excluding hydrogens is 258 g/mol. The van der Waals surface area contributed by atoms with E-state index >= 15 is 0 Å². The lowest BCUT2D eigenvalue weighted by Crippen LogP contribution is -2.66. The van der Waals surface area contributed by atoms with E-state index in [0.29, 0.717) is 0 Å². The highest BCUT2D eigenvalue weighted by atomic mass is 35.5. The minimum atomic E-state index is -0.781. The topological polar surface area (TPSA) is 30.9 Å². The van der Waals surface area contributed by atoms with Gasteiger partial charge >= 0.3 is 0 Å². The van der Waals surface area contributed by atoms with Crippen LogP contribution in [0.4, 0.5) is 0 Å². The molecule has 0 aromatic heterocycles. The highest BCUT2D eigenvalue weighted by Gasteiger charge is 2.51. The second kappa shape index (κ2) is 7.51. The number of methoxy groups -OCH3 is 3. The van der Waals surface area contributed by atoms with E-state index in [-0.39, 0.29) is 18.4 Å². The molecule has 0 amide bonds. The van der Waals surface area contributed by atoms with Gasteiger partial charge in [-0.15, -0.1) is 19.0 Å². The summed E-state index contributed by atoms with van der Waals surface area (Å²) >= 11 is 0. The predicted molar refractivity (Wildman–Crippen MR) is 77.0 cm³/mol. The maximum Gasteiger partial charge on any atom is 0.191 e. The summed E-state index contributed by atoms with van der Waals surface area (Å²) in [6.07, 6.45) is 1.87. The molecule has 0 radical (unpaired) electrons. The van der Waals surface area contributed by atoms with Gasteiger partial charge in [0.1, 0.15) is 5.22 Å². The fraction of sp³-hybridized carbons (Fsp3) is 0.818. The SMILES string of the molecule is C=CC(N(C)C)C([SiH3])(OC)C(C)(OC)OC.Cl. The molecule has 0 saturated heterocycles. The van der Waals surface area contributed by atoms with Gasteiger partial charge in [0.15, 0.2) is 5.79 Å². The highest BCUT2D eigenvalue weighted by molar-refractivity contribution is 6.16. The van der Waals surface area contributed by atoms with Crippen LogP contribution < -0.4 is 0 Å². The van der Waals surface area contributed by atoms with Gasteiger partial charge in [0.2, 0.25) is 0 Å². The third-order valence-corrected chi connectivity index (χ3v) is 5.36. The zero-order valence-corrected chi connectivity index (χ0v) is 14.8. The number of rotatable bonds is 7. The fourth-order valence-corrected chi connectivity index (χ4v) is 3.15. The molecule has 0 aliphatic heterocycles. The zero-order valence-electron chi connectivity index (χ0n) is 11.9. The van der Waals surface area contributed by atoms with Crippen LogP contribution in [-0.4, -0.2) is 67.6 Å². The van der Waals surface area contributed by atoms with Crippen molar-refractivity contribution < 1.29 is 14.2 Å². The van der Waals surface area contributed by atoms with Crippen molar-refractivity contribution in [2.75, 3.05) is 35.4 Å². The van der Waals surface area contributed by atoms with E-state index in [1.807, 2.05) is 27.1 Å². The second-order valence-electron chi connectivity index (χ2n) is 4.31. The Kier molecular flexibility index (Phi) is 8.58. The smallest absolute Gasteiger partial charge is 0.191 e. The molecule has 0 heterocycles. The molecule has 2 unspecified atom stereocenters. The van der Waals surface area contributed by atoms with E-state index in [0.717, 1.165) is 10.2 Å². The van der Waals surface area contributed by atoms with Crippen LogP contribution in [0, 0.1) is 0 Å². The van der Waals surface area contributed by atoms with Crippen molar-refractivity contribution in [3.05, 3.63) is 12.7 Å². The summed E-state index contributed by atoms with van der Waals surface area (Å²) in [5.41, 5.74) is 0. The molecule has 0 aliphatic carbocycles. The van der Waals surface area contributed by atoms with Gasteiger partial charge in [-0.25, -0.2) is 0 Å². The van der Waals surface area contributed by atoms with Gasteiger partial charge in [-0.05, 0) is 21.0 Å². The lowest BCUT2D eigenvalue weighted by molar-refractivity contribution is -0.278. The molecule has 0 saturated carbocycles. The van der Waals surface area contributed by atoms with E-state index in [2.05, 4.69) is 11.5 Å². The van der Waals surface area contributed by atoms with E-state index in [4.69, 9.17) is 14.2 Å². The average Bonchev–Trinajstić information content (AvgIpc) is 2.27. The first-order chi connectivity index (χ1) is 7.32. The lowest BCUT2D eigenvalue weighted by atomic mass is 10.0. The van der Waals surface area contributed by atoms with Crippen molar-refractivity contribution in [3.8, 4) is 0 Å². The van der Waals surface area contributed by atoms with Crippen LogP contribution >= 0.6 is 12.4 Å². The molecule has 0 fully saturated rings. The summed E-state index contributed by atoms with van der Waals surface area (Å²) in [6.45, 7) is 5.76. The summed E-state index contributed by atoms with van der Waals surface area (Å²) in [5, 5.41) is -0.512. The standard InChI is InChI=1S/C11H25NO3Si.ClH/c1-8-9(12(3)4)11(16,15-7)10(2,13-5)14-6;/h8-9H,1H2,2-7,16H3;1H. The monoisotopic (exact) mass is 283 g/mol. The number of hydrogen-bond donors (Lipinski definition) is 0. The molecule has 0 aliphatic rings. The summed E-state index contributed by atoms with van der Waals surface area (Å²) in [6, 6.07) is 0.0362. The maximum absolute atomic E-state index is 5.70. The van der Waals surface area contributed by atoms with Crippen molar-refractivity contribution in [1.82, 2.24) is 4.90 Å². The fourth-order valence-electron chi connectivity index (χ4n) is 1.99.